The molecule has 0 aliphatic carbocycles. The van der Waals surface area contributed by atoms with Gasteiger partial charge in [0.1, 0.15) is 0 Å². The maximum Gasteiger partial charge on any atom is 0.239 e. The first-order valence-corrected chi connectivity index (χ1v) is 4.92. The molecule has 74 valence electrons. The number of amides is 1. The molecule has 0 fully saturated rings. The van der Waals surface area contributed by atoms with Gasteiger partial charge in [-0.3, -0.25) is 9.79 Å². The fraction of sp³-hybridized carbons (Fsp3) is 0.714. The Labute approximate surface area is 79.0 Å². The van der Waals surface area contributed by atoms with Gasteiger partial charge >= 0.3 is 0 Å². The van der Waals surface area contributed by atoms with E-state index in [4.69, 9.17) is 0 Å². The van der Waals surface area contributed by atoms with E-state index in [1.807, 2.05) is 0 Å². The molecule has 0 spiro atoms. The molecule has 0 atom stereocenters. The van der Waals surface area contributed by atoms with E-state index in [-0.39, 0.29) is 18.7 Å². The minimum atomic E-state index is -2.41. The van der Waals surface area contributed by atoms with Crippen molar-refractivity contribution in [2.45, 2.75) is 19.3 Å². The van der Waals surface area contributed by atoms with Gasteiger partial charge in [-0.25, -0.2) is 8.78 Å². The first-order valence-electron chi connectivity index (χ1n) is 3.93. The molecule has 1 heterocycles. The zero-order valence-corrected chi connectivity index (χ0v) is 7.74. The summed E-state index contributed by atoms with van der Waals surface area (Å²) in [6, 6.07) is 0. The number of hydrogen-bond donors (Lipinski definition) is 1. The van der Waals surface area contributed by atoms with Gasteiger partial charge in [0.2, 0.25) is 12.3 Å². The molecular weight excluding hydrogens is 198 g/mol. The predicted molar refractivity (Wildman–Crippen MR) is 48.1 cm³/mol. The van der Waals surface area contributed by atoms with Crippen LogP contribution in [0.2, 0.25) is 0 Å². The van der Waals surface area contributed by atoms with Crippen LogP contribution in [-0.4, -0.2) is 29.8 Å². The van der Waals surface area contributed by atoms with Crippen LogP contribution < -0.4 is 5.32 Å². The van der Waals surface area contributed by atoms with Crippen LogP contribution in [0.4, 0.5) is 8.78 Å². The Morgan fingerprint density at radius 3 is 3.00 bits per heavy atom. The molecule has 0 radical (unpaired) electrons. The summed E-state index contributed by atoms with van der Waals surface area (Å²) in [7, 11) is 0. The summed E-state index contributed by atoms with van der Waals surface area (Å²) in [6.07, 6.45) is -2.94. The van der Waals surface area contributed by atoms with Crippen LogP contribution in [0.5, 0.6) is 0 Å². The van der Waals surface area contributed by atoms with Crippen LogP contribution in [0, 0.1) is 0 Å². The monoisotopic (exact) mass is 208 g/mol. The highest BCUT2D eigenvalue weighted by atomic mass is 32.2. The molecule has 0 aromatic heterocycles. The lowest BCUT2D eigenvalue weighted by atomic mass is 10.3. The minimum absolute atomic E-state index is 0.142. The van der Waals surface area contributed by atoms with E-state index in [0.717, 1.165) is 5.75 Å². The molecule has 3 nitrogen and oxygen atoms in total. The number of carbonyl (C=O) groups is 1. The molecule has 13 heavy (non-hydrogen) atoms. The summed E-state index contributed by atoms with van der Waals surface area (Å²) in [5, 5.41) is 3.03. The minimum Gasteiger partial charge on any atom is -0.305 e. The van der Waals surface area contributed by atoms with Crippen molar-refractivity contribution in [3.05, 3.63) is 0 Å². The number of amidine groups is 1. The maximum absolute atomic E-state index is 11.7. The number of halogens is 2. The summed E-state index contributed by atoms with van der Waals surface area (Å²) in [5.74, 6) is 0.471. The van der Waals surface area contributed by atoms with Gasteiger partial charge in [-0.1, -0.05) is 11.8 Å². The number of nitrogens with one attached hydrogen (secondary N) is 1. The fourth-order valence-electron chi connectivity index (χ4n) is 0.833. The Kier molecular flexibility index (Phi) is 4.14. The first kappa shape index (κ1) is 10.4. The van der Waals surface area contributed by atoms with Gasteiger partial charge in [-0.2, -0.15) is 0 Å². The van der Waals surface area contributed by atoms with Crippen LogP contribution in [0.15, 0.2) is 4.99 Å². The highest BCUT2D eigenvalue weighted by Gasteiger charge is 2.12. The molecule has 1 aliphatic heterocycles. The number of carbonyl (C=O) groups excluding carboxylic acids is 1. The second-order valence-corrected chi connectivity index (χ2v) is 3.60. The lowest BCUT2D eigenvalue weighted by Gasteiger charge is -2.02. The summed E-state index contributed by atoms with van der Waals surface area (Å²) in [6.45, 7) is 0.690. The van der Waals surface area contributed by atoms with E-state index >= 15 is 0 Å². The molecule has 0 aromatic rings. The quantitative estimate of drug-likeness (QED) is 0.758. The third-order valence-electron chi connectivity index (χ3n) is 1.42. The topological polar surface area (TPSA) is 41.5 Å². The van der Waals surface area contributed by atoms with Crippen molar-refractivity contribution >= 4 is 22.8 Å². The van der Waals surface area contributed by atoms with Gasteiger partial charge in [0.05, 0.1) is 6.54 Å². The van der Waals surface area contributed by atoms with E-state index < -0.39 is 6.43 Å². The van der Waals surface area contributed by atoms with Crippen molar-refractivity contribution in [3.63, 3.8) is 0 Å². The molecule has 0 unspecified atom stereocenters. The summed E-state index contributed by atoms with van der Waals surface area (Å²) in [5.41, 5.74) is 0. The Bertz CT molecular complexity index is 221. The Hall–Kier alpha value is -0.650. The summed E-state index contributed by atoms with van der Waals surface area (Å²) >= 11 is 1.44. The average Bonchev–Trinajstić information content (AvgIpc) is 2.53. The molecule has 6 heteroatoms. The zero-order valence-electron chi connectivity index (χ0n) is 6.93. The smallest absolute Gasteiger partial charge is 0.239 e. The number of alkyl halides is 2. The molecule has 0 saturated heterocycles. The van der Waals surface area contributed by atoms with Gasteiger partial charge < -0.3 is 5.32 Å². The van der Waals surface area contributed by atoms with Gasteiger partial charge in [0.15, 0.2) is 5.17 Å². The van der Waals surface area contributed by atoms with E-state index in [1.165, 1.54) is 11.8 Å². The number of aliphatic imine (C=N–C) groups is 1. The molecule has 1 amide bonds. The number of thioether (sulfide) groups is 1. The normalized spacial score (nSPS) is 16.1. The molecular formula is C7H10F2N2OS. The second kappa shape index (κ2) is 5.16. The lowest BCUT2D eigenvalue weighted by Crippen LogP contribution is -2.27. The third-order valence-corrected chi connectivity index (χ3v) is 2.31. The molecule has 1 rings (SSSR count). The van der Waals surface area contributed by atoms with E-state index in [2.05, 4.69) is 10.3 Å². The van der Waals surface area contributed by atoms with E-state index in [0.29, 0.717) is 11.7 Å². The van der Waals surface area contributed by atoms with Crippen LogP contribution >= 0.6 is 11.8 Å². The van der Waals surface area contributed by atoms with Crippen LogP contribution in [-0.2, 0) is 4.79 Å². The average molecular weight is 208 g/mol. The van der Waals surface area contributed by atoms with Crippen LogP contribution in [0.1, 0.15) is 12.8 Å². The van der Waals surface area contributed by atoms with Crippen molar-refractivity contribution in [1.82, 2.24) is 5.32 Å². The van der Waals surface area contributed by atoms with Crippen molar-refractivity contribution in [2.75, 3.05) is 12.3 Å². The Balaban J connectivity index is 2.17. The van der Waals surface area contributed by atoms with Crippen LogP contribution in [0.25, 0.3) is 0 Å². The molecule has 0 aromatic carbocycles. The fourth-order valence-corrected chi connectivity index (χ4v) is 1.58. The van der Waals surface area contributed by atoms with Crippen molar-refractivity contribution in [3.8, 4) is 0 Å². The lowest BCUT2D eigenvalue weighted by molar-refractivity contribution is -0.120. The predicted octanol–water partition coefficient (Wildman–Crippen LogP) is 1.25. The van der Waals surface area contributed by atoms with Gasteiger partial charge in [-0.05, 0) is 0 Å². The third kappa shape index (κ3) is 4.21. The number of hydrogen-bond acceptors (Lipinski definition) is 3. The Morgan fingerprint density at radius 2 is 2.46 bits per heavy atom. The zero-order chi connectivity index (χ0) is 9.68. The van der Waals surface area contributed by atoms with Crippen molar-refractivity contribution in [1.29, 1.82) is 0 Å². The number of rotatable bonds is 3. The van der Waals surface area contributed by atoms with Gasteiger partial charge in [-0.15, -0.1) is 0 Å². The summed E-state index contributed by atoms with van der Waals surface area (Å²) < 4.78 is 23.4. The van der Waals surface area contributed by atoms with Gasteiger partial charge in [0, 0.05) is 18.6 Å². The first-order chi connectivity index (χ1) is 6.18. The van der Waals surface area contributed by atoms with Gasteiger partial charge in [0.25, 0.3) is 0 Å². The standard InChI is InChI=1S/C7H10F2N2OS/c8-5(9)1-2-6(12)11-7-10-3-4-13-7/h5H,1-4H2,(H,10,11,12). The largest absolute Gasteiger partial charge is 0.305 e. The highest BCUT2D eigenvalue weighted by molar-refractivity contribution is 8.14. The molecule has 0 bridgehead atoms. The van der Waals surface area contributed by atoms with E-state index in [1.54, 1.807) is 0 Å². The highest BCUT2D eigenvalue weighted by Crippen LogP contribution is 2.09. The molecule has 1 N–H and O–H groups in total. The summed E-state index contributed by atoms with van der Waals surface area (Å²) in [4.78, 5) is 14.9. The maximum atomic E-state index is 11.7. The Morgan fingerprint density at radius 1 is 1.69 bits per heavy atom. The SMILES string of the molecule is O=C(CCC(F)F)NC1=NCCS1. The molecule has 0 saturated carbocycles. The van der Waals surface area contributed by atoms with Crippen molar-refractivity contribution in [2.24, 2.45) is 4.99 Å². The van der Waals surface area contributed by atoms with Crippen molar-refractivity contribution < 1.29 is 13.6 Å². The number of nitrogens with zero attached hydrogens (tertiary/aromatic N) is 1. The van der Waals surface area contributed by atoms with E-state index in [9.17, 15) is 13.6 Å². The molecule has 1 aliphatic rings. The second-order valence-electron chi connectivity index (χ2n) is 2.51. The van der Waals surface area contributed by atoms with Crippen LogP contribution in [0.3, 0.4) is 0 Å².